The van der Waals surface area contributed by atoms with E-state index in [4.69, 9.17) is 0 Å². The quantitative estimate of drug-likeness (QED) is 0.0705. The molecule has 0 bridgehead atoms. The third-order valence-corrected chi connectivity index (χ3v) is 23.4. The van der Waals surface area contributed by atoms with Crippen molar-refractivity contribution in [3.8, 4) is 44.5 Å². The number of anilines is 8. The average molecular weight is 1540 g/mol. The van der Waals surface area contributed by atoms with Crippen LogP contribution in [0, 0.1) is 0 Å². The van der Waals surface area contributed by atoms with Crippen molar-refractivity contribution in [1.29, 1.82) is 0 Å². The van der Waals surface area contributed by atoms with Gasteiger partial charge in [-0.05, 0) is 260 Å². The molecule has 20 rings (SSSR count). The van der Waals surface area contributed by atoms with E-state index in [1.165, 1.54) is 122 Å². The van der Waals surface area contributed by atoms with Gasteiger partial charge in [0, 0.05) is 67.7 Å². The van der Waals surface area contributed by atoms with Crippen LogP contribution in [0.4, 0.5) is 45.5 Å². The Morgan fingerprint density at radius 3 is 0.742 bits per heavy atom. The third-order valence-electron chi connectivity index (χ3n) is 23.4. The van der Waals surface area contributed by atoms with Crippen LogP contribution in [0.15, 0.2) is 460 Å². The molecule has 4 heteroatoms. The van der Waals surface area contributed by atoms with E-state index in [2.05, 4.69) is 481 Å². The van der Waals surface area contributed by atoms with Gasteiger partial charge >= 0.3 is 0 Å². The Kier molecular flexibility index (Phi) is 22.1. The molecule has 0 saturated heterocycles. The van der Waals surface area contributed by atoms with Gasteiger partial charge in [0.25, 0.3) is 0 Å². The maximum absolute atomic E-state index is 2.42. The van der Waals surface area contributed by atoms with Crippen LogP contribution in [0.3, 0.4) is 0 Å². The van der Waals surface area contributed by atoms with Gasteiger partial charge < -0.3 is 19.6 Å². The second-order valence-electron chi connectivity index (χ2n) is 31.0. The third kappa shape index (κ3) is 16.3. The molecule has 16 aromatic carbocycles. The van der Waals surface area contributed by atoms with E-state index in [0.29, 0.717) is 0 Å². The van der Waals surface area contributed by atoms with Gasteiger partial charge in [0.2, 0.25) is 0 Å². The molecular formula is C116H92N4. The summed E-state index contributed by atoms with van der Waals surface area (Å²) in [6.07, 6.45) is 44.9. The van der Waals surface area contributed by atoms with E-state index in [-0.39, 0.29) is 0 Å². The first kappa shape index (κ1) is 75.2. The second kappa shape index (κ2) is 35.3. The van der Waals surface area contributed by atoms with Crippen LogP contribution < -0.4 is 19.6 Å². The normalized spacial score (nSPS) is 13.7. The van der Waals surface area contributed by atoms with Crippen LogP contribution in [-0.4, -0.2) is 0 Å². The van der Waals surface area contributed by atoms with Crippen molar-refractivity contribution in [2.45, 2.75) is 51.4 Å². The maximum atomic E-state index is 2.42. The summed E-state index contributed by atoms with van der Waals surface area (Å²) < 4.78 is 0. The highest BCUT2D eigenvalue weighted by Gasteiger charge is 2.23. The topological polar surface area (TPSA) is 13.0 Å². The van der Waals surface area contributed by atoms with Gasteiger partial charge in [-0.1, -0.05) is 352 Å². The lowest BCUT2D eigenvalue weighted by Crippen LogP contribution is -2.16. The zero-order valence-corrected chi connectivity index (χ0v) is 67.3. The predicted molar refractivity (Wildman–Crippen MR) is 516 cm³/mol. The fourth-order valence-corrected chi connectivity index (χ4v) is 17.4. The number of hydrogen-bond donors (Lipinski definition) is 0. The van der Waals surface area contributed by atoms with Crippen molar-refractivity contribution in [2.75, 3.05) is 19.6 Å². The van der Waals surface area contributed by atoms with Gasteiger partial charge in [-0.2, -0.15) is 0 Å². The lowest BCUT2D eigenvalue weighted by Gasteiger charge is -2.29. The minimum absolute atomic E-state index is 1.03. The fourth-order valence-electron chi connectivity index (χ4n) is 17.4. The van der Waals surface area contributed by atoms with Crippen LogP contribution in [0.2, 0.25) is 0 Å². The first-order valence-electron chi connectivity index (χ1n) is 42.3. The Morgan fingerprint density at radius 1 is 0.175 bits per heavy atom. The van der Waals surface area contributed by atoms with Crippen molar-refractivity contribution in [2.24, 2.45) is 0 Å². The molecule has 0 spiro atoms. The van der Waals surface area contributed by atoms with Crippen molar-refractivity contribution >= 4 is 113 Å². The number of allylic oxidation sites excluding steroid dienone is 12. The molecule has 0 atom stereocenters. The van der Waals surface area contributed by atoms with Gasteiger partial charge in [0.05, 0.1) is 11.4 Å². The summed E-state index contributed by atoms with van der Waals surface area (Å²) in [5.74, 6) is 0. The molecule has 0 heterocycles. The first-order chi connectivity index (χ1) is 59.5. The highest BCUT2D eigenvalue weighted by molar-refractivity contribution is 6.07. The number of hydrogen-bond acceptors (Lipinski definition) is 4. The van der Waals surface area contributed by atoms with Crippen LogP contribution in [0.25, 0.3) is 112 Å². The maximum Gasteiger partial charge on any atom is 0.0540 e. The highest BCUT2D eigenvalue weighted by Crippen LogP contribution is 2.45. The monoisotopic (exact) mass is 1540 g/mol. The standard InChI is InChI=1S/2C58H46N2/c1-5-17-45(18-6-1)51-39-41-57(55-27-15-13-25-53(51)55)59(47-21-9-3-10-22-47)49-35-31-43(32-36-49)29-30-44-33-37-50(38-34-44)60(48-23-11-4-12-24-48)58-42-40-52(46-19-7-2-8-20-46)54-26-14-16-28-56(54)58;1-3-17-49(18-4-1)59(53-39-31-47(32-40-53)57-23-11-15-45-13-7-9-21-55(45)57)51-35-27-43(28-36-51)25-26-44-29-37-52(38-30-44)60(50-19-5-2-6-20-50)54-41-33-48(34-42-54)58-24-12-16-46-14-8-10-22-56(46)58/h1-2,5-9,11,13-42H,3-4,10,12H2;3,5,7-42H,1-2,4,6H2/b30-29+;26-25+. The second-order valence-corrected chi connectivity index (χ2v) is 31.0. The molecule has 0 radical (unpaired) electrons. The Balaban J connectivity index is 0.000000159. The molecule has 4 nitrogen and oxygen atoms in total. The molecule has 0 aliphatic heterocycles. The Morgan fingerprint density at radius 2 is 0.425 bits per heavy atom. The number of nitrogens with zero attached hydrogens (tertiary/aromatic N) is 4. The summed E-state index contributed by atoms with van der Waals surface area (Å²) in [5, 5.41) is 10.0. The molecule has 0 fully saturated rings. The van der Waals surface area contributed by atoms with E-state index in [1.807, 2.05) is 0 Å². The van der Waals surface area contributed by atoms with E-state index in [0.717, 1.165) is 108 Å². The Bertz CT molecular complexity index is 6290. The Labute approximate surface area is 705 Å². The lowest BCUT2D eigenvalue weighted by molar-refractivity contribution is 0.997. The zero-order chi connectivity index (χ0) is 80.2. The molecule has 16 aromatic rings. The van der Waals surface area contributed by atoms with E-state index >= 15 is 0 Å². The number of benzene rings is 16. The smallest absolute Gasteiger partial charge is 0.0540 e. The molecule has 576 valence electrons. The van der Waals surface area contributed by atoms with Crippen molar-refractivity contribution in [3.63, 3.8) is 0 Å². The molecule has 0 aromatic heterocycles. The summed E-state index contributed by atoms with van der Waals surface area (Å²) in [4.78, 5) is 9.57. The molecule has 4 aliphatic carbocycles. The van der Waals surface area contributed by atoms with E-state index in [9.17, 15) is 0 Å². The van der Waals surface area contributed by atoms with Gasteiger partial charge in [-0.25, -0.2) is 0 Å². The van der Waals surface area contributed by atoms with E-state index < -0.39 is 0 Å². The summed E-state index contributed by atoms with van der Waals surface area (Å²) in [6.45, 7) is 0. The van der Waals surface area contributed by atoms with Crippen LogP contribution in [0.5, 0.6) is 0 Å². The van der Waals surface area contributed by atoms with Crippen molar-refractivity contribution < 1.29 is 0 Å². The largest absolute Gasteiger partial charge is 0.311 e. The van der Waals surface area contributed by atoms with Crippen molar-refractivity contribution in [1.82, 2.24) is 0 Å². The van der Waals surface area contributed by atoms with Crippen LogP contribution in [0.1, 0.15) is 73.6 Å². The molecule has 0 N–H and O–H groups in total. The first-order valence-corrected chi connectivity index (χ1v) is 42.3. The molecule has 120 heavy (non-hydrogen) atoms. The highest BCUT2D eigenvalue weighted by atomic mass is 15.2. The van der Waals surface area contributed by atoms with Gasteiger partial charge in [-0.3, -0.25) is 0 Å². The van der Waals surface area contributed by atoms with Crippen LogP contribution in [-0.2, 0) is 0 Å². The molecule has 0 unspecified atom stereocenters. The summed E-state index contributed by atoms with van der Waals surface area (Å²) in [5.41, 5.74) is 28.6. The SMILES string of the molecule is C1=CC(N(c2ccc(/C=C/c3ccc(N(C4=CCCC=C4)c4ccc(-c5cccc6ccccc56)cc4)cc3)cc2)c2ccc(-c3cccc4ccccc34)cc2)=CCC1.C1=CC(N(c2ccc(/C=C/c3ccc(N(C4=CCCC=C4)c4ccc(-c5ccccc5)c5ccccc45)cc3)cc2)c2ccc(-c3ccccc3)c3ccccc23)=CCC1. The summed E-state index contributed by atoms with van der Waals surface area (Å²) in [7, 11) is 0. The zero-order valence-electron chi connectivity index (χ0n) is 67.3. The van der Waals surface area contributed by atoms with Crippen LogP contribution >= 0.6 is 0 Å². The molecule has 0 amide bonds. The molecule has 0 saturated carbocycles. The lowest BCUT2D eigenvalue weighted by atomic mass is 9.96. The van der Waals surface area contributed by atoms with Gasteiger partial charge in [0.1, 0.15) is 0 Å². The summed E-state index contributed by atoms with van der Waals surface area (Å²) in [6, 6.07) is 132. The molecule has 4 aliphatic rings. The van der Waals surface area contributed by atoms with E-state index in [1.54, 1.807) is 0 Å². The fraction of sp³-hybridized carbons (Fsp3) is 0.0690. The predicted octanol–water partition coefficient (Wildman–Crippen LogP) is 32.5. The summed E-state index contributed by atoms with van der Waals surface area (Å²) >= 11 is 0. The minimum Gasteiger partial charge on any atom is -0.311 e. The number of rotatable bonds is 20. The molecular weight excluding hydrogens is 1450 g/mol. The van der Waals surface area contributed by atoms with Crippen molar-refractivity contribution in [3.05, 3.63) is 482 Å². The van der Waals surface area contributed by atoms with Gasteiger partial charge in [0.15, 0.2) is 0 Å². The average Bonchev–Trinajstić information content (AvgIpc) is 0.765. The number of fused-ring (bicyclic) bond motifs is 4. The van der Waals surface area contributed by atoms with Gasteiger partial charge in [-0.15, -0.1) is 0 Å². The Hall–Kier alpha value is -14.8. The minimum atomic E-state index is 1.03.